The number of pyridine rings is 1. The van der Waals surface area contributed by atoms with Gasteiger partial charge in [0.2, 0.25) is 5.88 Å². The Labute approximate surface area is 205 Å². The molecule has 0 aliphatic heterocycles. The molecular weight excluding hydrogens is 521 g/mol. The first-order valence-corrected chi connectivity index (χ1v) is 10.3. The summed E-state index contributed by atoms with van der Waals surface area (Å²) >= 11 is 0. The fraction of sp³-hybridized carbons (Fsp3) is 0.348. The Balaban J connectivity index is 0.00000363. The number of guanidine groups is 1. The second-order valence-corrected chi connectivity index (χ2v) is 6.80. The van der Waals surface area contributed by atoms with Crippen molar-refractivity contribution in [2.24, 2.45) is 4.99 Å². The van der Waals surface area contributed by atoms with Gasteiger partial charge in [0.1, 0.15) is 17.3 Å². The highest BCUT2D eigenvalue weighted by Crippen LogP contribution is 2.23. The van der Waals surface area contributed by atoms with Crippen LogP contribution in [-0.4, -0.2) is 30.3 Å². The maximum atomic E-state index is 5.78. The van der Waals surface area contributed by atoms with Crippen molar-refractivity contribution in [1.82, 2.24) is 20.8 Å². The van der Waals surface area contributed by atoms with Crippen LogP contribution in [0.4, 0.5) is 0 Å². The number of nitrogens with one attached hydrogen (secondary N) is 2. The second-order valence-electron chi connectivity index (χ2n) is 6.80. The molecule has 0 saturated heterocycles. The molecule has 0 spiro atoms. The zero-order valence-corrected chi connectivity index (χ0v) is 21.2. The topological polar surface area (TPSA) is 93.8 Å². The molecule has 0 amide bonds. The van der Waals surface area contributed by atoms with E-state index >= 15 is 0 Å². The maximum Gasteiger partial charge on any atom is 0.219 e. The third-order valence-corrected chi connectivity index (χ3v) is 4.78. The van der Waals surface area contributed by atoms with Crippen LogP contribution in [0.3, 0.4) is 0 Å². The Morgan fingerprint density at radius 3 is 2.50 bits per heavy atom. The molecule has 1 aromatic carbocycles. The number of halogens is 1. The molecule has 8 nitrogen and oxygen atoms in total. The molecule has 2 aromatic heterocycles. The first kappa shape index (κ1) is 25.4. The van der Waals surface area contributed by atoms with E-state index in [9.17, 15) is 0 Å². The molecule has 0 aliphatic carbocycles. The van der Waals surface area contributed by atoms with Crippen molar-refractivity contribution < 1.29 is 14.0 Å². The van der Waals surface area contributed by atoms with E-state index in [2.05, 4.69) is 39.6 Å². The van der Waals surface area contributed by atoms with E-state index in [1.165, 1.54) is 0 Å². The predicted octanol–water partition coefficient (Wildman–Crippen LogP) is 4.48. The highest BCUT2D eigenvalue weighted by Gasteiger charge is 2.13. The summed E-state index contributed by atoms with van der Waals surface area (Å²) in [4.78, 5) is 8.67. The van der Waals surface area contributed by atoms with Gasteiger partial charge in [-0.25, -0.2) is 4.98 Å². The fourth-order valence-electron chi connectivity index (χ4n) is 3.08. The summed E-state index contributed by atoms with van der Waals surface area (Å²) < 4.78 is 16.4. The van der Waals surface area contributed by atoms with Crippen molar-refractivity contribution in [2.75, 3.05) is 14.2 Å². The Morgan fingerprint density at radius 1 is 1.06 bits per heavy atom. The van der Waals surface area contributed by atoms with Gasteiger partial charge in [-0.3, -0.25) is 4.99 Å². The van der Waals surface area contributed by atoms with Crippen LogP contribution < -0.4 is 20.1 Å². The Hall–Kier alpha value is -2.82. The van der Waals surface area contributed by atoms with Crippen LogP contribution in [0, 0.1) is 0 Å². The lowest BCUT2D eigenvalue weighted by Crippen LogP contribution is -2.36. The van der Waals surface area contributed by atoms with Crippen LogP contribution in [0.1, 0.15) is 36.4 Å². The maximum absolute atomic E-state index is 5.78. The molecule has 0 aliphatic rings. The zero-order chi connectivity index (χ0) is 22.1. The summed E-state index contributed by atoms with van der Waals surface area (Å²) in [7, 11) is 3.37. The minimum Gasteiger partial charge on any atom is -0.497 e. The normalized spacial score (nSPS) is 10.9. The Morgan fingerprint density at radius 2 is 1.84 bits per heavy atom. The smallest absolute Gasteiger partial charge is 0.219 e. The molecule has 0 saturated carbocycles. The van der Waals surface area contributed by atoms with Crippen molar-refractivity contribution in [3.05, 3.63) is 65.2 Å². The van der Waals surface area contributed by atoms with E-state index < -0.39 is 0 Å². The van der Waals surface area contributed by atoms with Gasteiger partial charge in [0.25, 0.3) is 0 Å². The van der Waals surface area contributed by atoms with E-state index in [0.29, 0.717) is 30.7 Å². The molecule has 2 heterocycles. The Bertz CT molecular complexity index is 984. The first-order valence-electron chi connectivity index (χ1n) is 10.3. The lowest BCUT2D eigenvalue weighted by molar-refractivity contribution is 0.380. The highest BCUT2D eigenvalue weighted by atomic mass is 127. The number of ether oxygens (including phenoxy) is 2. The predicted molar refractivity (Wildman–Crippen MR) is 135 cm³/mol. The summed E-state index contributed by atoms with van der Waals surface area (Å²) in [6.07, 6.45) is 3.43. The summed E-state index contributed by atoms with van der Waals surface area (Å²) in [5.74, 6) is 3.54. The molecule has 32 heavy (non-hydrogen) atoms. The third kappa shape index (κ3) is 6.84. The molecule has 0 fully saturated rings. The minimum absolute atomic E-state index is 0. The van der Waals surface area contributed by atoms with E-state index in [-0.39, 0.29) is 24.0 Å². The zero-order valence-electron chi connectivity index (χ0n) is 18.8. The van der Waals surface area contributed by atoms with Crippen molar-refractivity contribution >= 4 is 29.9 Å². The summed E-state index contributed by atoms with van der Waals surface area (Å²) in [5.41, 5.74) is 3.10. The summed E-state index contributed by atoms with van der Waals surface area (Å²) in [6, 6.07) is 11.2. The number of aliphatic imine (C=N–C) groups is 1. The second kappa shape index (κ2) is 12.9. The lowest BCUT2D eigenvalue weighted by Gasteiger charge is -2.12. The average molecular weight is 551 g/mol. The molecule has 3 aromatic rings. The molecule has 3 rings (SSSR count). The van der Waals surface area contributed by atoms with Crippen LogP contribution >= 0.6 is 24.0 Å². The van der Waals surface area contributed by atoms with Gasteiger partial charge in [0.05, 0.1) is 12.8 Å². The molecule has 2 N–H and O–H groups in total. The number of nitrogens with zero attached hydrogens (tertiary/aromatic N) is 3. The van der Waals surface area contributed by atoms with Crippen molar-refractivity contribution in [1.29, 1.82) is 0 Å². The van der Waals surface area contributed by atoms with Gasteiger partial charge in [-0.1, -0.05) is 31.1 Å². The largest absolute Gasteiger partial charge is 0.497 e. The van der Waals surface area contributed by atoms with E-state index in [4.69, 9.17) is 14.0 Å². The number of rotatable bonds is 9. The molecule has 0 radical (unpaired) electrons. The minimum atomic E-state index is 0. The number of aromatic nitrogens is 2. The molecule has 172 valence electrons. The van der Waals surface area contributed by atoms with E-state index in [0.717, 1.165) is 41.2 Å². The first-order chi connectivity index (χ1) is 15.2. The fourth-order valence-corrected chi connectivity index (χ4v) is 3.08. The van der Waals surface area contributed by atoms with Crippen LogP contribution in [-0.2, 0) is 25.9 Å². The van der Waals surface area contributed by atoms with Crippen molar-refractivity contribution in [3.63, 3.8) is 0 Å². The third-order valence-electron chi connectivity index (χ3n) is 4.78. The van der Waals surface area contributed by atoms with E-state index in [1.807, 2.05) is 36.4 Å². The van der Waals surface area contributed by atoms with Gasteiger partial charge >= 0.3 is 0 Å². The molecule has 0 bridgehead atoms. The molecule has 9 heteroatoms. The highest BCUT2D eigenvalue weighted by molar-refractivity contribution is 14.0. The standard InChI is InChI=1S/C23H29N5O3.HI/c1-5-20-19(21(6-2)31-28-20)15-27-23(24-3)26-14-16-10-11-22(25-13-16)30-18-9-7-8-17(12-18)29-4;/h7-13H,5-6,14-15H2,1-4H3,(H2,24,26,27);1H. The van der Waals surface area contributed by atoms with Gasteiger partial charge in [0, 0.05) is 50.5 Å². The van der Waals surface area contributed by atoms with Gasteiger partial charge in [-0.15, -0.1) is 24.0 Å². The van der Waals surface area contributed by atoms with Crippen molar-refractivity contribution in [3.8, 4) is 17.4 Å². The SMILES string of the molecule is CCc1noc(CC)c1CNC(=NC)NCc1ccc(Oc2cccc(OC)c2)nc1.I. The number of hydrogen-bond donors (Lipinski definition) is 2. The van der Waals surface area contributed by atoms with Gasteiger partial charge in [-0.05, 0) is 24.1 Å². The Kier molecular flexibility index (Phi) is 10.3. The molecular formula is C23H30IN5O3. The number of benzene rings is 1. The van der Waals surface area contributed by atoms with Gasteiger partial charge in [0.15, 0.2) is 5.96 Å². The molecule has 0 atom stereocenters. The monoisotopic (exact) mass is 551 g/mol. The van der Waals surface area contributed by atoms with Crippen LogP contribution in [0.5, 0.6) is 17.4 Å². The number of hydrogen-bond acceptors (Lipinski definition) is 6. The molecule has 0 unspecified atom stereocenters. The number of aryl methyl sites for hydroxylation is 2. The van der Waals surface area contributed by atoms with E-state index in [1.54, 1.807) is 20.4 Å². The summed E-state index contributed by atoms with van der Waals surface area (Å²) in [5, 5.41) is 10.8. The number of methoxy groups -OCH3 is 1. The van der Waals surface area contributed by atoms with Crippen LogP contribution in [0.15, 0.2) is 52.1 Å². The van der Waals surface area contributed by atoms with Crippen LogP contribution in [0.25, 0.3) is 0 Å². The van der Waals surface area contributed by atoms with Crippen LogP contribution in [0.2, 0.25) is 0 Å². The summed E-state index contributed by atoms with van der Waals surface area (Å²) in [6.45, 7) is 5.33. The van der Waals surface area contributed by atoms with Gasteiger partial charge in [-0.2, -0.15) is 0 Å². The lowest BCUT2D eigenvalue weighted by atomic mass is 10.1. The van der Waals surface area contributed by atoms with Gasteiger partial charge < -0.3 is 24.6 Å². The average Bonchev–Trinajstić information content (AvgIpc) is 3.22. The quantitative estimate of drug-likeness (QED) is 0.230. The van der Waals surface area contributed by atoms with Crippen molar-refractivity contribution in [2.45, 2.75) is 39.8 Å².